The summed E-state index contributed by atoms with van der Waals surface area (Å²) in [5.41, 5.74) is 0.240. The molecule has 0 spiro atoms. The maximum atomic E-state index is 12.1. The Morgan fingerprint density at radius 3 is 2.65 bits per heavy atom. The highest BCUT2D eigenvalue weighted by Gasteiger charge is 2.33. The Balaban J connectivity index is 3.16. The van der Waals surface area contributed by atoms with Gasteiger partial charge in [0.15, 0.2) is 0 Å². The van der Waals surface area contributed by atoms with E-state index in [-0.39, 0.29) is 5.56 Å². The highest BCUT2D eigenvalue weighted by molar-refractivity contribution is 14.1. The van der Waals surface area contributed by atoms with Crippen molar-refractivity contribution in [1.29, 1.82) is 0 Å². The number of aliphatic carboxylic acids is 1. The van der Waals surface area contributed by atoms with Crippen molar-refractivity contribution in [3.8, 4) is 5.88 Å². The van der Waals surface area contributed by atoms with Crippen LogP contribution in [0.1, 0.15) is 11.3 Å². The Bertz CT molecular complexity index is 448. The van der Waals surface area contributed by atoms with E-state index in [1.807, 2.05) is 22.6 Å². The molecule has 1 aromatic heterocycles. The largest absolute Gasteiger partial charge is 0.574 e. The van der Waals surface area contributed by atoms with Gasteiger partial charge in [-0.05, 0) is 35.6 Å². The van der Waals surface area contributed by atoms with Crippen LogP contribution in [-0.2, 0) is 11.2 Å². The van der Waals surface area contributed by atoms with Gasteiger partial charge in [-0.15, -0.1) is 13.2 Å². The average molecular weight is 361 g/mol. The van der Waals surface area contributed by atoms with Crippen molar-refractivity contribution < 1.29 is 27.8 Å². The van der Waals surface area contributed by atoms with Gasteiger partial charge < -0.3 is 9.84 Å². The molecule has 1 N–H and O–H groups in total. The van der Waals surface area contributed by atoms with Crippen LogP contribution in [0, 0.1) is 10.5 Å². The standard InChI is InChI=1S/C9H7F3INO3/c1-4-6(13)2-5(3-7(15)16)8(14-4)17-9(10,11)12/h2H,3H2,1H3,(H,15,16). The van der Waals surface area contributed by atoms with Crippen LogP contribution in [-0.4, -0.2) is 22.4 Å². The number of carboxylic acids is 1. The number of hydrogen-bond donors (Lipinski definition) is 1. The molecule has 0 amide bonds. The Morgan fingerprint density at radius 2 is 2.18 bits per heavy atom. The van der Waals surface area contributed by atoms with Crippen LogP contribution in [0.3, 0.4) is 0 Å². The third-order valence-electron chi connectivity index (χ3n) is 1.74. The molecule has 8 heteroatoms. The molecule has 0 radical (unpaired) electrons. The van der Waals surface area contributed by atoms with Gasteiger partial charge in [0.05, 0.1) is 12.1 Å². The van der Waals surface area contributed by atoms with Gasteiger partial charge in [-0.3, -0.25) is 4.79 Å². The zero-order chi connectivity index (χ0) is 13.2. The molecular formula is C9H7F3INO3. The van der Waals surface area contributed by atoms with Crippen molar-refractivity contribution in [3.05, 3.63) is 20.9 Å². The molecule has 0 aliphatic heterocycles. The van der Waals surface area contributed by atoms with Crippen LogP contribution >= 0.6 is 22.6 Å². The van der Waals surface area contributed by atoms with Gasteiger partial charge in [0.2, 0.25) is 5.88 Å². The molecule has 1 rings (SSSR count). The predicted octanol–water partition coefficient (Wildman–Crippen LogP) is 2.52. The van der Waals surface area contributed by atoms with E-state index >= 15 is 0 Å². The molecule has 0 aliphatic carbocycles. The lowest BCUT2D eigenvalue weighted by Gasteiger charge is -2.12. The molecule has 0 fully saturated rings. The fourth-order valence-corrected chi connectivity index (χ4v) is 1.58. The number of ether oxygens (including phenoxy) is 1. The molecular weight excluding hydrogens is 354 g/mol. The molecule has 0 saturated heterocycles. The second kappa shape index (κ2) is 5.07. The highest BCUT2D eigenvalue weighted by Crippen LogP contribution is 2.27. The Kier molecular flexibility index (Phi) is 4.17. The second-order valence-corrected chi connectivity index (χ2v) is 4.30. The van der Waals surface area contributed by atoms with Crippen LogP contribution in [0.4, 0.5) is 13.2 Å². The highest BCUT2D eigenvalue weighted by atomic mass is 127. The van der Waals surface area contributed by atoms with Crippen LogP contribution in [0.25, 0.3) is 0 Å². The number of pyridine rings is 1. The molecule has 0 saturated carbocycles. The number of carboxylic acid groups (broad SMARTS) is 1. The van der Waals surface area contributed by atoms with Crippen molar-refractivity contribution >= 4 is 28.6 Å². The average Bonchev–Trinajstić information content (AvgIpc) is 2.10. The van der Waals surface area contributed by atoms with Crippen molar-refractivity contribution in [2.24, 2.45) is 0 Å². The summed E-state index contributed by atoms with van der Waals surface area (Å²) in [6.45, 7) is 1.51. The quantitative estimate of drug-likeness (QED) is 0.841. The summed E-state index contributed by atoms with van der Waals surface area (Å²) in [4.78, 5) is 14.1. The number of aromatic nitrogens is 1. The molecule has 0 unspecified atom stereocenters. The molecule has 1 heterocycles. The van der Waals surface area contributed by atoms with Gasteiger partial charge in [-0.25, -0.2) is 4.98 Å². The lowest BCUT2D eigenvalue weighted by Crippen LogP contribution is -2.20. The fraction of sp³-hybridized carbons (Fsp3) is 0.333. The first kappa shape index (κ1) is 14.0. The van der Waals surface area contributed by atoms with E-state index in [0.29, 0.717) is 9.26 Å². The number of alkyl halides is 3. The lowest BCUT2D eigenvalue weighted by molar-refractivity contribution is -0.276. The monoisotopic (exact) mass is 361 g/mol. The Labute approximate surface area is 108 Å². The summed E-state index contributed by atoms with van der Waals surface area (Å²) in [6.07, 6.45) is -5.46. The molecule has 94 valence electrons. The van der Waals surface area contributed by atoms with E-state index in [4.69, 9.17) is 5.11 Å². The molecule has 0 atom stereocenters. The molecule has 0 aromatic carbocycles. The normalized spacial score (nSPS) is 11.4. The Hall–Kier alpha value is -1.06. The van der Waals surface area contributed by atoms with Crippen molar-refractivity contribution in [3.63, 3.8) is 0 Å². The van der Waals surface area contributed by atoms with E-state index in [1.54, 1.807) is 0 Å². The predicted molar refractivity (Wildman–Crippen MR) is 59.7 cm³/mol. The third kappa shape index (κ3) is 4.36. The molecule has 0 bridgehead atoms. The Morgan fingerprint density at radius 1 is 1.59 bits per heavy atom. The van der Waals surface area contributed by atoms with Crippen molar-refractivity contribution in [2.45, 2.75) is 19.7 Å². The fourth-order valence-electron chi connectivity index (χ4n) is 1.08. The summed E-state index contributed by atoms with van der Waals surface area (Å²) in [6, 6.07) is 1.32. The van der Waals surface area contributed by atoms with E-state index in [2.05, 4.69) is 9.72 Å². The first-order chi connectivity index (χ1) is 7.69. The summed E-state index contributed by atoms with van der Waals surface area (Å²) in [5.74, 6) is -1.96. The number of rotatable bonds is 3. The zero-order valence-corrected chi connectivity index (χ0v) is 10.7. The number of nitrogens with zero attached hydrogens (tertiary/aromatic N) is 1. The van der Waals surface area contributed by atoms with Gasteiger partial charge in [0.1, 0.15) is 0 Å². The number of hydrogen-bond acceptors (Lipinski definition) is 3. The van der Waals surface area contributed by atoms with Gasteiger partial charge in [0, 0.05) is 9.13 Å². The van der Waals surface area contributed by atoms with Gasteiger partial charge in [-0.1, -0.05) is 0 Å². The molecule has 4 nitrogen and oxygen atoms in total. The number of halogens is 4. The number of carbonyl (C=O) groups is 1. The van der Waals surface area contributed by atoms with Crippen molar-refractivity contribution in [1.82, 2.24) is 4.98 Å². The van der Waals surface area contributed by atoms with E-state index in [0.717, 1.165) is 0 Å². The first-order valence-corrected chi connectivity index (χ1v) is 5.40. The van der Waals surface area contributed by atoms with Gasteiger partial charge in [-0.2, -0.15) is 0 Å². The van der Waals surface area contributed by atoms with E-state index in [1.165, 1.54) is 13.0 Å². The molecule has 1 aromatic rings. The zero-order valence-electron chi connectivity index (χ0n) is 8.51. The maximum Gasteiger partial charge on any atom is 0.574 e. The second-order valence-electron chi connectivity index (χ2n) is 3.14. The summed E-state index contributed by atoms with van der Waals surface area (Å²) >= 11 is 1.86. The van der Waals surface area contributed by atoms with Crippen molar-refractivity contribution in [2.75, 3.05) is 0 Å². The van der Waals surface area contributed by atoms with Crippen LogP contribution in [0.2, 0.25) is 0 Å². The van der Waals surface area contributed by atoms with Crippen LogP contribution in [0.15, 0.2) is 6.07 Å². The summed E-state index contributed by atoms with van der Waals surface area (Å²) in [5, 5.41) is 8.58. The van der Waals surface area contributed by atoms with E-state index in [9.17, 15) is 18.0 Å². The number of aryl methyl sites for hydroxylation is 1. The van der Waals surface area contributed by atoms with Crippen LogP contribution in [0.5, 0.6) is 5.88 Å². The SMILES string of the molecule is Cc1nc(OC(F)(F)F)c(CC(=O)O)cc1I. The lowest BCUT2D eigenvalue weighted by atomic mass is 10.2. The minimum absolute atomic E-state index is 0.107. The minimum atomic E-state index is -4.89. The maximum absolute atomic E-state index is 12.1. The summed E-state index contributed by atoms with van der Waals surface area (Å²) < 4.78 is 40.5. The molecule has 17 heavy (non-hydrogen) atoms. The topological polar surface area (TPSA) is 59.4 Å². The third-order valence-corrected chi connectivity index (χ3v) is 2.84. The smallest absolute Gasteiger partial charge is 0.481 e. The first-order valence-electron chi connectivity index (χ1n) is 4.32. The summed E-state index contributed by atoms with van der Waals surface area (Å²) in [7, 11) is 0. The van der Waals surface area contributed by atoms with E-state index < -0.39 is 24.6 Å². The van der Waals surface area contributed by atoms with Crippen LogP contribution < -0.4 is 4.74 Å². The van der Waals surface area contributed by atoms with Gasteiger partial charge in [0.25, 0.3) is 0 Å². The minimum Gasteiger partial charge on any atom is -0.481 e. The van der Waals surface area contributed by atoms with Gasteiger partial charge >= 0.3 is 12.3 Å². The molecule has 0 aliphatic rings.